The van der Waals surface area contributed by atoms with Gasteiger partial charge in [0, 0.05) is 18.8 Å². The second-order valence-electron chi connectivity index (χ2n) is 5.34. The normalized spacial score (nSPS) is 24.5. The first-order valence-electron chi connectivity index (χ1n) is 6.15. The Balaban J connectivity index is 2.37. The SMILES string of the molecule is CC1CC(C)N(c2ccc(S(C)(=O)=O)cc2N)C1. The van der Waals surface area contributed by atoms with Gasteiger partial charge in [-0.05, 0) is 37.5 Å². The number of rotatable bonds is 2. The first kappa shape index (κ1) is 13.2. The second kappa shape index (κ2) is 4.46. The molecule has 2 atom stereocenters. The van der Waals surface area contributed by atoms with Crippen LogP contribution in [0, 0.1) is 5.92 Å². The topological polar surface area (TPSA) is 63.4 Å². The minimum absolute atomic E-state index is 0.281. The van der Waals surface area contributed by atoms with Gasteiger partial charge in [-0.25, -0.2) is 8.42 Å². The fourth-order valence-electron chi connectivity index (χ4n) is 2.66. The van der Waals surface area contributed by atoms with E-state index in [9.17, 15) is 8.42 Å². The van der Waals surface area contributed by atoms with Gasteiger partial charge in [0.05, 0.1) is 16.3 Å². The van der Waals surface area contributed by atoms with E-state index in [1.807, 2.05) is 6.07 Å². The minimum Gasteiger partial charge on any atom is -0.397 e. The lowest BCUT2D eigenvalue weighted by atomic mass is 10.1. The highest BCUT2D eigenvalue weighted by atomic mass is 32.2. The van der Waals surface area contributed by atoms with Gasteiger partial charge in [0.15, 0.2) is 9.84 Å². The summed E-state index contributed by atoms with van der Waals surface area (Å²) in [5, 5.41) is 0. The Morgan fingerprint density at radius 1 is 1.33 bits per heavy atom. The Labute approximate surface area is 109 Å². The molecule has 1 aliphatic rings. The molecule has 5 heteroatoms. The number of anilines is 2. The molecule has 0 aliphatic carbocycles. The lowest BCUT2D eigenvalue weighted by molar-refractivity contribution is 0.602. The summed E-state index contributed by atoms with van der Waals surface area (Å²) in [7, 11) is -3.19. The zero-order valence-corrected chi connectivity index (χ0v) is 11.9. The monoisotopic (exact) mass is 268 g/mol. The molecule has 1 aromatic rings. The minimum atomic E-state index is -3.19. The van der Waals surface area contributed by atoms with Gasteiger partial charge < -0.3 is 10.6 Å². The Hall–Kier alpha value is -1.23. The Kier molecular flexibility index (Phi) is 3.27. The van der Waals surface area contributed by atoms with Crippen molar-refractivity contribution in [1.29, 1.82) is 0 Å². The molecule has 2 N–H and O–H groups in total. The molecular formula is C13H20N2O2S. The van der Waals surface area contributed by atoms with Crippen LogP contribution in [0.15, 0.2) is 23.1 Å². The van der Waals surface area contributed by atoms with E-state index >= 15 is 0 Å². The molecule has 0 amide bonds. The summed E-state index contributed by atoms with van der Waals surface area (Å²) in [6.45, 7) is 5.37. The molecule has 100 valence electrons. The number of hydrogen-bond donors (Lipinski definition) is 1. The lowest BCUT2D eigenvalue weighted by Crippen LogP contribution is -2.27. The summed E-state index contributed by atoms with van der Waals surface area (Å²) in [6, 6.07) is 5.46. The number of benzene rings is 1. The number of hydrogen-bond acceptors (Lipinski definition) is 4. The van der Waals surface area contributed by atoms with E-state index in [0.29, 0.717) is 17.6 Å². The van der Waals surface area contributed by atoms with E-state index in [1.54, 1.807) is 12.1 Å². The standard InChI is InChI=1S/C13H20N2O2S/c1-9-6-10(2)15(8-9)13-5-4-11(7-12(13)14)18(3,16)17/h4-5,7,9-10H,6,8,14H2,1-3H3. The smallest absolute Gasteiger partial charge is 0.175 e. The maximum atomic E-state index is 11.5. The van der Waals surface area contributed by atoms with Crippen molar-refractivity contribution >= 4 is 21.2 Å². The number of sulfone groups is 1. The fourth-order valence-corrected chi connectivity index (χ4v) is 3.32. The van der Waals surface area contributed by atoms with E-state index in [4.69, 9.17) is 5.73 Å². The van der Waals surface area contributed by atoms with Crippen molar-refractivity contribution < 1.29 is 8.42 Å². The van der Waals surface area contributed by atoms with Crippen LogP contribution in [0.3, 0.4) is 0 Å². The van der Waals surface area contributed by atoms with E-state index in [2.05, 4.69) is 18.7 Å². The van der Waals surface area contributed by atoms with Crippen LogP contribution < -0.4 is 10.6 Å². The van der Waals surface area contributed by atoms with Crippen LogP contribution in [-0.2, 0) is 9.84 Å². The predicted molar refractivity (Wildman–Crippen MR) is 74.6 cm³/mol. The third kappa shape index (κ3) is 2.46. The first-order chi connectivity index (χ1) is 8.29. The van der Waals surface area contributed by atoms with Gasteiger partial charge in [0.25, 0.3) is 0 Å². The molecule has 1 aliphatic heterocycles. The Morgan fingerprint density at radius 3 is 2.44 bits per heavy atom. The van der Waals surface area contributed by atoms with E-state index < -0.39 is 9.84 Å². The molecule has 0 radical (unpaired) electrons. The molecule has 1 saturated heterocycles. The molecule has 4 nitrogen and oxygen atoms in total. The lowest BCUT2D eigenvalue weighted by Gasteiger charge is -2.25. The maximum Gasteiger partial charge on any atom is 0.175 e. The summed E-state index contributed by atoms with van der Waals surface area (Å²) >= 11 is 0. The van der Waals surface area contributed by atoms with Crippen LogP contribution in [0.1, 0.15) is 20.3 Å². The van der Waals surface area contributed by atoms with E-state index in [1.165, 1.54) is 6.26 Å². The highest BCUT2D eigenvalue weighted by molar-refractivity contribution is 7.90. The molecular weight excluding hydrogens is 248 g/mol. The summed E-state index contributed by atoms with van der Waals surface area (Å²) in [6.07, 6.45) is 2.34. The average molecular weight is 268 g/mol. The highest BCUT2D eigenvalue weighted by Crippen LogP contribution is 2.33. The fraction of sp³-hybridized carbons (Fsp3) is 0.538. The van der Waals surface area contributed by atoms with Crippen LogP contribution in [-0.4, -0.2) is 27.3 Å². The van der Waals surface area contributed by atoms with Gasteiger partial charge in [-0.2, -0.15) is 0 Å². The summed E-state index contributed by atoms with van der Waals surface area (Å²) in [4.78, 5) is 2.54. The summed E-state index contributed by atoms with van der Waals surface area (Å²) in [5.41, 5.74) is 7.48. The van der Waals surface area contributed by atoms with Gasteiger partial charge in [0.2, 0.25) is 0 Å². The molecule has 2 rings (SSSR count). The first-order valence-corrected chi connectivity index (χ1v) is 8.04. The number of nitrogen functional groups attached to an aromatic ring is 1. The van der Waals surface area contributed by atoms with Crippen molar-refractivity contribution in [1.82, 2.24) is 0 Å². The quantitative estimate of drug-likeness (QED) is 0.832. The third-order valence-electron chi connectivity index (χ3n) is 3.52. The third-order valence-corrected chi connectivity index (χ3v) is 4.63. The van der Waals surface area contributed by atoms with Crippen molar-refractivity contribution in [3.8, 4) is 0 Å². The molecule has 2 unspecified atom stereocenters. The molecule has 1 fully saturated rings. The Bertz CT molecular complexity index is 554. The van der Waals surface area contributed by atoms with Gasteiger partial charge >= 0.3 is 0 Å². The van der Waals surface area contributed by atoms with E-state index in [0.717, 1.165) is 18.7 Å². The van der Waals surface area contributed by atoms with Gasteiger partial charge in [-0.15, -0.1) is 0 Å². The van der Waals surface area contributed by atoms with Gasteiger partial charge in [-0.1, -0.05) is 6.92 Å². The largest absolute Gasteiger partial charge is 0.397 e. The predicted octanol–water partition coefficient (Wildman–Crippen LogP) is 1.91. The number of nitrogens with two attached hydrogens (primary N) is 1. The Morgan fingerprint density at radius 2 is 2.00 bits per heavy atom. The summed E-state index contributed by atoms with van der Waals surface area (Å²) < 4.78 is 22.9. The van der Waals surface area contributed by atoms with Crippen molar-refractivity contribution in [2.24, 2.45) is 5.92 Å². The number of nitrogens with zero attached hydrogens (tertiary/aromatic N) is 1. The van der Waals surface area contributed by atoms with Gasteiger partial charge in [-0.3, -0.25) is 0 Å². The van der Waals surface area contributed by atoms with Crippen LogP contribution in [0.4, 0.5) is 11.4 Å². The van der Waals surface area contributed by atoms with Crippen LogP contribution in [0.2, 0.25) is 0 Å². The molecule has 1 heterocycles. The van der Waals surface area contributed by atoms with E-state index in [-0.39, 0.29) is 4.90 Å². The summed E-state index contributed by atoms with van der Waals surface area (Å²) in [5.74, 6) is 0.647. The van der Waals surface area contributed by atoms with Crippen LogP contribution >= 0.6 is 0 Å². The van der Waals surface area contributed by atoms with Gasteiger partial charge in [0.1, 0.15) is 0 Å². The van der Waals surface area contributed by atoms with Crippen molar-refractivity contribution in [3.05, 3.63) is 18.2 Å². The van der Waals surface area contributed by atoms with Crippen molar-refractivity contribution in [2.45, 2.75) is 31.2 Å². The van der Waals surface area contributed by atoms with Crippen molar-refractivity contribution in [2.75, 3.05) is 23.4 Å². The van der Waals surface area contributed by atoms with Crippen LogP contribution in [0.25, 0.3) is 0 Å². The molecule has 0 bridgehead atoms. The average Bonchev–Trinajstić information content (AvgIpc) is 2.56. The molecule has 0 spiro atoms. The zero-order chi connectivity index (χ0) is 13.5. The highest BCUT2D eigenvalue weighted by Gasteiger charge is 2.27. The van der Waals surface area contributed by atoms with Crippen LogP contribution in [0.5, 0.6) is 0 Å². The maximum absolute atomic E-state index is 11.5. The molecule has 18 heavy (non-hydrogen) atoms. The zero-order valence-electron chi connectivity index (χ0n) is 11.1. The second-order valence-corrected chi connectivity index (χ2v) is 7.35. The van der Waals surface area contributed by atoms with Crippen molar-refractivity contribution in [3.63, 3.8) is 0 Å². The molecule has 1 aromatic carbocycles. The molecule has 0 aromatic heterocycles. The molecule has 0 saturated carbocycles.